The van der Waals surface area contributed by atoms with Gasteiger partial charge in [0.1, 0.15) is 12.3 Å². The number of pyridine rings is 1. The standard InChI is InChI=1S/C25H22N2O2/c1-18-9-8-11-19(27-18)10-6-7-16-26-25(28)29-17-24-22-14-4-2-12-20(22)21-13-3-5-15-23(21)24/h2-5,8-9,11-15,24H,7,16-17H2,1H3,(H,26,28). The summed E-state index contributed by atoms with van der Waals surface area (Å²) in [7, 11) is 0. The molecule has 0 aliphatic heterocycles. The van der Waals surface area contributed by atoms with Crippen LogP contribution in [0.5, 0.6) is 0 Å². The Morgan fingerprint density at radius 1 is 1.00 bits per heavy atom. The number of aryl methyl sites for hydroxylation is 1. The summed E-state index contributed by atoms with van der Waals surface area (Å²) >= 11 is 0. The molecule has 3 aromatic rings. The van der Waals surface area contributed by atoms with Gasteiger partial charge in [-0.3, -0.25) is 0 Å². The second-order valence-electron chi connectivity index (χ2n) is 6.97. The van der Waals surface area contributed by atoms with Crippen LogP contribution in [0.4, 0.5) is 4.79 Å². The number of fused-ring (bicyclic) bond motifs is 3. The number of hydrogen-bond acceptors (Lipinski definition) is 3. The fourth-order valence-electron chi connectivity index (χ4n) is 3.64. The van der Waals surface area contributed by atoms with Crippen molar-refractivity contribution in [2.45, 2.75) is 19.3 Å². The number of ether oxygens (including phenoxy) is 1. The van der Waals surface area contributed by atoms with Crippen molar-refractivity contribution in [3.63, 3.8) is 0 Å². The van der Waals surface area contributed by atoms with Gasteiger partial charge in [0.2, 0.25) is 0 Å². The zero-order valence-electron chi connectivity index (χ0n) is 16.3. The van der Waals surface area contributed by atoms with Gasteiger partial charge in [-0.2, -0.15) is 0 Å². The first-order chi connectivity index (χ1) is 14.2. The highest BCUT2D eigenvalue weighted by Crippen LogP contribution is 2.44. The number of carbonyl (C=O) groups excluding carboxylic acids is 1. The molecular weight excluding hydrogens is 360 g/mol. The molecule has 1 aromatic heterocycles. The predicted octanol–water partition coefficient (Wildman–Crippen LogP) is 4.67. The highest BCUT2D eigenvalue weighted by molar-refractivity contribution is 5.79. The van der Waals surface area contributed by atoms with Crippen LogP contribution in [0.25, 0.3) is 11.1 Å². The lowest BCUT2D eigenvalue weighted by molar-refractivity contribution is 0.143. The highest BCUT2D eigenvalue weighted by Gasteiger charge is 2.28. The van der Waals surface area contributed by atoms with Crippen molar-refractivity contribution < 1.29 is 9.53 Å². The van der Waals surface area contributed by atoms with Crippen LogP contribution in [0.1, 0.15) is 34.9 Å². The minimum absolute atomic E-state index is 0.0698. The van der Waals surface area contributed by atoms with Gasteiger partial charge in [-0.15, -0.1) is 0 Å². The fourth-order valence-corrected chi connectivity index (χ4v) is 3.64. The maximum absolute atomic E-state index is 12.1. The molecule has 2 aromatic carbocycles. The molecule has 0 saturated carbocycles. The Morgan fingerprint density at radius 2 is 1.69 bits per heavy atom. The Kier molecular flexibility index (Phi) is 5.58. The number of nitrogens with one attached hydrogen (secondary N) is 1. The van der Waals surface area contributed by atoms with E-state index in [1.807, 2.05) is 49.4 Å². The Hall–Kier alpha value is -3.58. The van der Waals surface area contributed by atoms with Crippen molar-refractivity contribution in [3.05, 3.63) is 89.2 Å². The monoisotopic (exact) mass is 382 g/mol. The number of nitrogens with zero attached hydrogens (tertiary/aromatic N) is 1. The van der Waals surface area contributed by atoms with Gasteiger partial charge in [0.15, 0.2) is 0 Å². The maximum Gasteiger partial charge on any atom is 0.407 e. The molecule has 1 heterocycles. The first kappa shape index (κ1) is 18.8. The summed E-state index contributed by atoms with van der Waals surface area (Å²) < 4.78 is 5.51. The summed E-state index contributed by atoms with van der Waals surface area (Å²) in [6, 6.07) is 22.3. The Morgan fingerprint density at radius 3 is 2.38 bits per heavy atom. The summed E-state index contributed by atoms with van der Waals surface area (Å²) in [5.74, 6) is 6.10. The number of amides is 1. The third kappa shape index (κ3) is 4.30. The van der Waals surface area contributed by atoms with E-state index in [4.69, 9.17) is 4.74 Å². The van der Waals surface area contributed by atoms with Gasteiger partial charge in [-0.1, -0.05) is 60.5 Å². The Bertz CT molecular complexity index is 1050. The minimum Gasteiger partial charge on any atom is -0.449 e. The normalized spacial score (nSPS) is 11.8. The van der Waals surface area contributed by atoms with Crippen molar-refractivity contribution in [2.24, 2.45) is 0 Å². The SMILES string of the molecule is Cc1cccc(C#CCCNC(=O)OCC2c3ccccc3-c3ccccc32)n1. The zero-order chi connectivity index (χ0) is 20.1. The van der Waals surface area contributed by atoms with E-state index in [0.29, 0.717) is 19.6 Å². The minimum atomic E-state index is -0.414. The zero-order valence-corrected chi connectivity index (χ0v) is 16.3. The molecule has 29 heavy (non-hydrogen) atoms. The maximum atomic E-state index is 12.1. The quantitative estimate of drug-likeness (QED) is 0.527. The lowest BCUT2D eigenvalue weighted by Gasteiger charge is -2.14. The molecule has 1 N–H and O–H groups in total. The molecule has 4 rings (SSSR count). The van der Waals surface area contributed by atoms with E-state index < -0.39 is 6.09 Å². The molecule has 4 nitrogen and oxygen atoms in total. The van der Waals surface area contributed by atoms with E-state index in [1.54, 1.807) is 0 Å². The number of rotatable bonds is 4. The summed E-state index contributed by atoms with van der Waals surface area (Å²) in [5.41, 5.74) is 6.53. The van der Waals surface area contributed by atoms with Crippen molar-refractivity contribution in [3.8, 4) is 23.0 Å². The number of aromatic nitrogens is 1. The summed E-state index contributed by atoms with van der Waals surface area (Å²) in [6.45, 7) is 2.69. The summed E-state index contributed by atoms with van der Waals surface area (Å²) in [5, 5.41) is 2.77. The van der Waals surface area contributed by atoms with Gasteiger partial charge in [0, 0.05) is 24.6 Å². The molecule has 144 valence electrons. The Balaban J connectivity index is 1.29. The van der Waals surface area contributed by atoms with Gasteiger partial charge < -0.3 is 10.1 Å². The average molecular weight is 382 g/mol. The van der Waals surface area contributed by atoms with Crippen molar-refractivity contribution in [2.75, 3.05) is 13.2 Å². The van der Waals surface area contributed by atoms with Crippen LogP contribution in [0, 0.1) is 18.8 Å². The third-order valence-electron chi connectivity index (χ3n) is 4.97. The second-order valence-corrected chi connectivity index (χ2v) is 6.97. The van der Waals surface area contributed by atoms with E-state index in [2.05, 4.69) is 46.4 Å². The lowest BCUT2D eigenvalue weighted by Crippen LogP contribution is -2.26. The van der Waals surface area contributed by atoms with Crippen molar-refractivity contribution >= 4 is 6.09 Å². The first-order valence-corrected chi connectivity index (χ1v) is 9.74. The van der Waals surface area contributed by atoms with Crippen LogP contribution in [0.15, 0.2) is 66.7 Å². The molecular formula is C25H22N2O2. The first-order valence-electron chi connectivity index (χ1n) is 9.74. The van der Waals surface area contributed by atoms with E-state index in [1.165, 1.54) is 22.3 Å². The van der Waals surface area contributed by atoms with Crippen LogP contribution in [0.3, 0.4) is 0 Å². The summed E-state index contributed by atoms with van der Waals surface area (Å²) in [4.78, 5) is 16.4. The van der Waals surface area contributed by atoms with Gasteiger partial charge in [-0.25, -0.2) is 9.78 Å². The fraction of sp³-hybridized carbons (Fsp3) is 0.200. The predicted molar refractivity (Wildman–Crippen MR) is 114 cm³/mol. The van der Waals surface area contributed by atoms with E-state index in [9.17, 15) is 4.79 Å². The Labute approximate surface area is 171 Å². The highest BCUT2D eigenvalue weighted by atomic mass is 16.5. The topological polar surface area (TPSA) is 51.2 Å². The molecule has 0 fully saturated rings. The molecule has 1 aliphatic rings. The molecule has 0 unspecified atom stereocenters. The van der Waals surface area contributed by atoms with Gasteiger partial charge >= 0.3 is 6.09 Å². The number of benzene rings is 2. The average Bonchev–Trinajstić information content (AvgIpc) is 3.06. The molecule has 0 bridgehead atoms. The van der Waals surface area contributed by atoms with Gasteiger partial charge in [0.25, 0.3) is 0 Å². The molecule has 0 saturated heterocycles. The van der Waals surface area contributed by atoms with Crippen LogP contribution in [0.2, 0.25) is 0 Å². The van der Waals surface area contributed by atoms with Crippen LogP contribution < -0.4 is 5.32 Å². The molecule has 0 spiro atoms. The number of carbonyl (C=O) groups is 1. The lowest BCUT2D eigenvalue weighted by atomic mass is 9.98. The molecule has 0 atom stereocenters. The van der Waals surface area contributed by atoms with E-state index >= 15 is 0 Å². The summed E-state index contributed by atoms with van der Waals surface area (Å²) in [6.07, 6.45) is 0.127. The van der Waals surface area contributed by atoms with Crippen LogP contribution in [-0.2, 0) is 4.74 Å². The number of hydrogen-bond donors (Lipinski definition) is 1. The molecule has 4 heteroatoms. The smallest absolute Gasteiger partial charge is 0.407 e. The number of alkyl carbamates (subject to hydrolysis) is 1. The molecule has 1 amide bonds. The van der Waals surface area contributed by atoms with E-state index in [0.717, 1.165) is 11.4 Å². The van der Waals surface area contributed by atoms with Crippen LogP contribution >= 0.6 is 0 Å². The third-order valence-corrected chi connectivity index (χ3v) is 4.97. The van der Waals surface area contributed by atoms with Crippen molar-refractivity contribution in [1.82, 2.24) is 10.3 Å². The van der Waals surface area contributed by atoms with Crippen molar-refractivity contribution in [1.29, 1.82) is 0 Å². The van der Waals surface area contributed by atoms with Crippen LogP contribution in [-0.4, -0.2) is 24.2 Å². The van der Waals surface area contributed by atoms with Gasteiger partial charge in [0.05, 0.1) is 0 Å². The largest absolute Gasteiger partial charge is 0.449 e. The second kappa shape index (κ2) is 8.62. The van der Waals surface area contributed by atoms with E-state index in [-0.39, 0.29) is 5.92 Å². The molecule has 0 radical (unpaired) electrons. The van der Waals surface area contributed by atoms with Gasteiger partial charge in [-0.05, 0) is 47.2 Å². The molecule has 1 aliphatic carbocycles.